The Labute approximate surface area is 138 Å². The largest absolute Gasteiger partial charge is 0.494 e. The molecule has 0 aromatic heterocycles. The Morgan fingerprint density at radius 2 is 1.26 bits per heavy atom. The zero-order chi connectivity index (χ0) is 16.7. The Morgan fingerprint density at radius 1 is 0.783 bits per heavy atom. The van der Waals surface area contributed by atoms with E-state index in [4.69, 9.17) is 9.31 Å². The van der Waals surface area contributed by atoms with Gasteiger partial charge in [0.1, 0.15) is 6.10 Å². The predicted molar refractivity (Wildman–Crippen MR) is 92.7 cm³/mol. The molecular weight excluding hydrogens is 287 g/mol. The molecular formula is C19H23BO3. The van der Waals surface area contributed by atoms with E-state index in [0.717, 1.165) is 16.6 Å². The molecule has 1 saturated heterocycles. The third-order valence-corrected chi connectivity index (χ3v) is 4.89. The lowest BCUT2D eigenvalue weighted by Gasteiger charge is -2.32. The molecule has 0 aliphatic carbocycles. The first kappa shape index (κ1) is 16.3. The van der Waals surface area contributed by atoms with Crippen LogP contribution in [-0.4, -0.2) is 23.4 Å². The summed E-state index contributed by atoms with van der Waals surface area (Å²) >= 11 is 0. The van der Waals surface area contributed by atoms with Crippen molar-refractivity contribution in [3.8, 4) is 0 Å². The van der Waals surface area contributed by atoms with Gasteiger partial charge in [-0.05, 0) is 44.3 Å². The number of benzene rings is 2. The first-order valence-electron chi connectivity index (χ1n) is 7.99. The SMILES string of the molecule is CC1(C)OB(c2ccc(C(O)c3ccccc3)cc2)OC1(C)C. The molecule has 1 aliphatic rings. The number of aliphatic hydroxyl groups excluding tert-OH is 1. The van der Waals surface area contributed by atoms with Crippen LogP contribution in [0.1, 0.15) is 44.9 Å². The fourth-order valence-corrected chi connectivity index (χ4v) is 2.64. The van der Waals surface area contributed by atoms with Gasteiger partial charge in [-0.2, -0.15) is 0 Å². The van der Waals surface area contributed by atoms with Crippen LogP contribution < -0.4 is 5.46 Å². The minimum Gasteiger partial charge on any atom is -0.399 e. The summed E-state index contributed by atoms with van der Waals surface area (Å²) in [5, 5.41) is 10.5. The number of rotatable bonds is 3. The van der Waals surface area contributed by atoms with Crippen molar-refractivity contribution in [1.82, 2.24) is 0 Å². The van der Waals surface area contributed by atoms with E-state index in [2.05, 4.69) is 0 Å². The maximum Gasteiger partial charge on any atom is 0.494 e. The summed E-state index contributed by atoms with van der Waals surface area (Å²) in [4.78, 5) is 0. The van der Waals surface area contributed by atoms with Gasteiger partial charge in [-0.25, -0.2) is 0 Å². The smallest absolute Gasteiger partial charge is 0.399 e. The second kappa shape index (κ2) is 5.79. The Hall–Kier alpha value is -1.62. The molecule has 0 saturated carbocycles. The van der Waals surface area contributed by atoms with Gasteiger partial charge in [0.2, 0.25) is 0 Å². The highest BCUT2D eigenvalue weighted by atomic mass is 16.7. The van der Waals surface area contributed by atoms with Gasteiger partial charge in [0.05, 0.1) is 11.2 Å². The van der Waals surface area contributed by atoms with E-state index < -0.39 is 6.10 Å². The summed E-state index contributed by atoms with van der Waals surface area (Å²) in [6.45, 7) is 8.17. The summed E-state index contributed by atoms with van der Waals surface area (Å²) in [5.41, 5.74) is 2.01. The van der Waals surface area contributed by atoms with Crippen LogP contribution in [0, 0.1) is 0 Å². The molecule has 1 unspecified atom stereocenters. The highest BCUT2D eigenvalue weighted by Crippen LogP contribution is 2.36. The summed E-state index contributed by atoms with van der Waals surface area (Å²) in [5.74, 6) is 0. The first-order chi connectivity index (χ1) is 10.8. The van der Waals surface area contributed by atoms with Crippen molar-refractivity contribution < 1.29 is 14.4 Å². The van der Waals surface area contributed by atoms with E-state index >= 15 is 0 Å². The van der Waals surface area contributed by atoms with E-state index in [-0.39, 0.29) is 18.3 Å². The van der Waals surface area contributed by atoms with Crippen LogP contribution in [0.4, 0.5) is 0 Å². The molecule has 0 bridgehead atoms. The Kier molecular flexibility index (Phi) is 4.09. The van der Waals surface area contributed by atoms with Crippen molar-refractivity contribution in [1.29, 1.82) is 0 Å². The molecule has 0 amide bonds. The molecule has 0 radical (unpaired) electrons. The molecule has 1 N–H and O–H groups in total. The summed E-state index contributed by atoms with van der Waals surface area (Å²) < 4.78 is 12.1. The lowest BCUT2D eigenvalue weighted by Crippen LogP contribution is -2.41. The molecule has 2 aromatic rings. The van der Waals surface area contributed by atoms with Crippen molar-refractivity contribution in [2.24, 2.45) is 0 Å². The van der Waals surface area contributed by atoms with Crippen molar-refractivity contribution in [3.63, 3.8) is 0 Å². The fourth-order valence-electron chi connectivity index (χ4n) is 2.64. The average Bonchev–Trinajstić information content (AvgIpc) is 2.76. The van der Waals surface area contributed by atoms with Crippen molar-refractivity contribution in [2.45, 2.75) is 45.0 Å². The Balaban J connectivity index is 1.78. The van der Waals surface area contributed by atoms with Gasteiger partial charge in [-0.3, -0.25) is 0 Å². The van der Waals surface area contributed by atoms with Gasteiger partial charge in [-0.15, -0.1) is 0 Å². The van der Waals surface area contributed by atoms with E-state index in [1.54, 1.807) is 0 Å². The zero-order valence-electron chi connectivity index (χ0n) is 14.1. The van der Waals surface area contributed by atoms with Gasteiger partial charge < -0.3 is 14.4 Å². The summed E-state index contributed by atoms with van der Waals surface area (Å²) in [6, 6.07) is 17.4. The maximum atomic E-state index is 10.5. The molecule has 3 nitrogen and oxygen atoms in total. The van der Waals surface area contributed by atoms with Gasteiger partial charge in [0.25, 0.3) is 0 Å². The third kappa shape index (κ3) is 3.07. The fraction of sp³-hybridized carbons (Fsp3) is 0.368. The van der Waals surface area contributed by atoms with E-state index in [1.165, 1.54) is 0 Å². The van der Waals surface area contributed by atoms with Crippen molar-refractivity contribution in [3.05, 3.63) is 65.7 Å². The van der Waals surface area contributed by atoms with E-state index in [9.17, 15) is 5.11 Å². The monoisotopic (exact) mass is 310 g/mol. The second-order valence-corrected chi connectivity index (χ2v) is 7.07. The van der Waals surface area contributed by atoms with Crippen LogP contribution in [0.3, 0.4) is 0 Å². The van der Waals surface area contributed by atoms with Gasteiger partial charge in [0, 0.05) is 0 Å². The van der Waals surface area contributed by atoms with Gasteiger partial charge in [0.15, 0.2) is 0 Å². The minimum atomic E-state index is -0.622. The van der Waals surface area contributed by atoms with E-state index in [0.29, 0.717) is 0 Å². The molecule has 1 atom stereocenters. The van der Waals surface area contributed by atoms with Gasteiger partial charge in [-0.1, -0.05) is 54.6 Å². The second-order valence-electron chi connectivity index (χ2n) is 7.07. The van der Waals surface area contributed by atoms with E-state index in [1.807, 2.05) is 82.3 Å². The van der Waals surface area contributed by atoms with Crippen LogP contribution in [0.5, 0.6) is 0 Å². The normalized spacial score (nSPS) is 20.5. The molecule has 4 heteroatoms. The topological polar surface area (TPSA) is 38.7 Å². The van der Waals surface area contributed by atoms with Crippen molar-refractivity contribution in [2.75, 3.05) is 0 Å². The molecule has 3 rings (SSSR count). The van der Waals surface area contributed by atoms with Crippen molar-refractivity contribution >= 4 is 12.6 Å². The number of aliphatic hydroxyl groups is 1. The summed E-state index contributed by atoms with van der Waals surface area (Å²) in [6.07, 6.45) is -0.622. The molecule has 120 valence electrons. The van der Waals surface area contributed by atoms with Gasteiger partial charge >= 0.3 is 7.12 Å². The molecule has 1 aliphatic heterocycles. The molecule has 0 spiro atoms. The standard InChI is InChI=1S/C19H23BO3/c1-18(2)19(3,4)23-20(22-18)16-12-10-15(11-13-16)17(21)14-8-6-5-7-9-14/h5-13,17,21H,1-4H3. The lowest BCUT2D eigenvalue weighted by molar-refractivity contribution is 0.00578. The quantitative estimate of drug-likeness (QED) is 0.886. The average molecular weight is 310 g/mol. The Bertz CT molecular complexity index is 649. The minimum absolute atomic E-state index is 0.347. The maximum absolute atomic E-state index is 10.5. The van der Waals surface area contributed by atoms with Crippen LogP contribution in [0.15, 0.2) is 54.6 Å². The van der Waals surface area contributed by atoms with Crippen LogP contribution in [0.25, 0.3) is 0 Å². The third-order valence-electron chi connectivity index (χ3n) is 4.89. The zero-order valence-corrected chi connectivity index (χ0v) is 14.1. The summed E-state index contributed by atoms with van der Waals surface area (Å²) in [7, 11) is -0.372. The predicted octanol–water partition coefficient (Wildman–Crippen LogP) is 3.07. The number of hydrogen-bond donors (Lipinski definition) is 1. The molecule has 23 heavy (non-hydrogen) atoms. The van der Waals surface area contributed by atoms with Crippen LogP contribution in [-0.2, 0) is 9.31 Å². The first-order valence-corrected chi connectivity index (χ1v) is 7.99. The van der Waals surface area contributed by atoms with Crippen LogP contribution >= 0.6 is 0 Å². The molecule has 1 heterocycles. The Morgan fingerprint density at radius 3 is 1.78 bits per heavy atom. The highest BCUT2D eigenvalue weighted by molar-refractivity contribution is 6.62. The number of hydrogen-bond acceptors (Lipinski definition) is 3. The molecule has 1 fully saturated rings. The lowest BCUT2D eigenvalue weighted by atomic mass is 9.78. The molecule has 2 aromatic carbocycles. The van der Waals surface area contributed by atoms with Crippen LogP contribution in [0.2, 0.25) is 0 Å². The highest BCUT2D eigenvalue weighted by Gasteiger charge is 2.51.